The van der Waals surface area contributed by atoms with Crippen LogP contribution < -0.4 is 0 Å². The van der Waals surface area contributed by atoms with E-state index in [9.17, 15) is 26.4 Å². The number of carboxylic acid groups (broad SMARTS) is 1. The summed E-state index contributed by atoms with van der Waals surface area (Å²) in [6.45, 7) is -1.72. The van der Waals surface area contributed by atoms with Gasteiger partial charge in [-0.25, -0.2) is 8.42 Å². The van der Waals surface area contributed by atoms with Crippen molar-refractivity contribution < 1.29 is 36.2 Å². The first kappa shape index (κ1) is 13.2. The summed E-state index contributed by atoms with van der Waals surface area (Å²) in [7, 11) is -4.13. The van der Waals surface area contributed by atoms with Gasteiger partial charge in [0.2, 0.25) is 0 Å². The first-order valence-corrected chi connectivity index (χ1v) is 5.01. The van der Waals surface area contributed by atoms with Gasteiger partial charge in [0.25, 0.3) is 0 Å². The van der Waals surface area contributed by atoms with Crippen LogP contribution in [0.1, 0.15) is 0 Å². The summed E-state index contributed by atoms with van der Waals surface area (Å²) in [5.41, 5.74) is 0. The van der Waals surface area contributed by atoms with Crippen molar-refractivity contribution in [1.29, 1.82) is 0 Å². The molecule has 0 aliphatic heterocycles. The maximum Gasteiger partial charge on any atom is 0.411 e. The minimum atomic E-state index is -4.63. The molecule has 0 amide bonds. The van der Waals surface area contributed by atoms with E-state index in [1.54, 1.807) is 0 Å². The van der Waals surface area contributed by atoms with Crippen LogP contribution in [0, 0.1) is 0 Å². The third-order valence-corrected chi connectivity index (χ3v) is 2.08. The van der Waals surface area contributed by atoms with Crippen molar-refractivity contribution in [2.24, 2.45) is 0 Å². The van der Waals surface area contributed by atoms with Crippen molar-refractivity contribution in [3.8, 4) is 0 Å². The van der Waals surface area contributed by atoms with Crippen LogP contribution in [0.25, 0.3) is 0 Å². The van der Waals surface area contributed by atoms with E-state index in [0.29, 0.717) is 0 Å². The third kappa shape index (κ3) is 7.80. The van der Waals surface area contributed by atoms with Crippen LogP contribution in [0.5, 0.6) is 0 Å². The maximum atomic E-state index is 11.5. The number of alkyl halides is 3. The lowest BCUT2D eigenvalue weighted by atomic mass is 10.7. The Bertz CT molecular complexity index is 293. The minimum absolute atomic E-state index is 1.25. The van der Waals surface area contributed by atoms with Crippen LogP contribution in [0.4, 0.5) is 13.2 Å². The van der Waals surface area contributed by atoms with E-state index in [-0.39, 0.29) is 0 Å². The third-order valence-electron chi connectivity index (χ3n) is 0.872. The van der Waals surface area contributed by atoms with E-state index in [2.05, 4.69) is 4.74 Å². The first-order chi connectivity index (χ1) is 6.12. The summed E-state index contributed by atoms with van der Waals surface area (Å²) in [5.74, 6) is -4.13. The van der Waals surface area contributed by atoms with Gasteiger partial charge in [0.15, 0.2) is 9.84 Å². The molecule has 0 aliphatic carbocycles. The summed E-state index contributed by atoms with van der Waals surface area (Å²) in [6.07, 6.45) is -4.63. The molecule has 14 heavy (non-hydrogen) atoms. The highest BCUT2D eigenvalue weighted by Crippen LogP contribution is 2.14. The second-order valence-corrected chi connectivity index (χ2v) is 4.37. The van der Waals surface area contributed by atoms with Gasteiger partial charge < -0.3 is 9.84 Å². The van der Waals surface area contributed by atoms with E-state index in [4.69, 9.17) is 5.11 Å². The molecule has 0 rings (SSSR count). The molecule has 84 valence electrons. The molecule has 0 spiro atoms. The average molecular weight is 236 g/mol. The lowest BCUT2D eigenvalue weighted by Crippen LogP contribution is -2.24. The van der Waals surface area contributed by atoms with Crippen LogP contribution in [0.3, 0.4) is 0 Å². The normalized spacial score (nSPS) is 12.8. The largest absolute Gasteiger partial charge is 0.480 e. The van der Waals surface area contributed by atoms with Crippen LogP contribution in [0.15, 0.2) is 0 Å². The fraction of sp³-hybridized carbons (Fsp3) is 0.800. The number of hydrogen-bond donors (Lipinski definition) is 1. The molecule has 0 saturated carbocycles. The van der Waals surface area contributed by atoms with Crippen molar-refractivity contribution in [1.82, 2.24) is 0 Å². The Morgan fingerprint density at radius 3 is 2.21 bits per heavy atom. The number of ether oxygens (including phenoxy) is 1. The van der Waals surface area contributed by atoms with Gasteiger partial charge in [0.1, 0.15) is 18.3 Å². The molecule has 0 atom stereocenters. The summed E-state index contributed by atoms with van der Waals surface area (Å²) >= 11 is 0. The Kier molecular flexibility index (Phi) is 4.33. The fourth-order valence-corrected chi connectivity index (χ4v) is 1.31. The average Bonchev–Trinajstić information content (AvgIpc) is 1.78. The zero-order valence-corrected chi connectivity index (χ0v) is 7.56. The molecule has 0 bridgehead atoms. The molecule has 0 radical (unpaired) electrons. The maximum absolute atomic E-state index is 11.5. The molecule has 0 aromatic carbocycles. The number of rotatable bonds is 5. The number of hydrogen-bond acceptors (Lipinski definition) is 4. The first-order valence-electron chi connectivity index (χ1n) is 3.19. The highest BCUT2D eigenvalue weighted by molar-refractivity contribution is 7.91. The minimum Gasteiger partial charge on any atom is -0.480 e. The van der Waals surface area contributed by atoms with E-state index in [0.717, 1.165) is 0 Å². The molecule has 0 heterocycles. The van der Waals surface area contributed by atoms with Gasteiger partial charge in [0, 0.05) is 0 Å². The smallest absolute Gasteiger partial charge is 0.411 e. The highest BCUT2D eigenvalue weighted by atomic mass is 32.2. The van der Waals surface area contributed by atoms with Crippen molar-refractivity contribution >= 4 is 15.8 Å². The van der Waals surface area contributed by atoms with Crippen molar-refractivity contribution in [3.05, 3.63) is 0 Å². The van der Waals surface area contributed by atoms with Crippen molar-refractivity contribution in [2.75, 3.05) is 18.3 Å². The van der Waals surface area contributed by atoms with Gasteiger partial charge in [-0.2, -0.15) is 13.2 Å². The topological polar surface area (TPSA) is 80.7 Å². The molecule has 0 aromatic heterocycles. The number of aliphatic carboxylic acids is 1. The second-order valence-electron chi connectivity index (χ2n) is 2.36. The SMILES string of the molecule is O=C(O)CS(=O)(=O)COCC(F)(F)F. The lowest BCUT2D eigenvalue weighted by Gasteiger charge is -2.06. The van der Waals surface area contributed by atoms with Crippen LogP contribution in [0.2, 0.25) is 0 Å². The van der Waals surface area contributed by atoms with Crippen LogP contribution in [-0.4, -0.2) is 44.0 Å². The Balaban J connectivity index is 3.96. The van der Waals surface area contributed by atoms with Gasteiger partial charge in [-0.3, -0.25) is 4.79 Å². The molecule has 5 nitrogen and oxygen atoms in total. The van der Waals surface area contributed by atoms with Gasteiger partial charge >= 0.3 is 12.1 Å². The summed E-state index contributed by atoms with van der Waals surface area (Å²) < 4.78 is 59.5. The number of halogens is 3. The van der Waals surface area contributed by atoms with E-state index >= 15 is 0 Å². The molecule has 9 heteroatoms. The number of sulfone groups is 1. The zero-order chi connectivity index (χ0) is 11.4. The van der Waals surface area contributed by atoms with Crippen LogP contribution in [-0.2, 0) is 19.4 Å². The Morgan fingerprint density at radius 1 is 1.36 bits per heavy atom. The molecular formula is C5H7F3O5S. The van der Waals surface area contributed by atoms with E-state index in [1.807, 2.05) is 0 Å². The highest BCUT2D eigenvalue weighted by Gasteiger charge is 2.28. The van der Waals surface area contributed by atoms with Crippen molar-refractivity contribution in [3.63, 3.8) is 0 Å². The van der Waals surface area contributed by atoms with Crippen molar-refractivity contribution in [2.45, 2.75) is 6.18 Å². The quantitative estimate of drug-likeness (QED) is 0.727. The van der Waals surface area contributed by atoms with Gasteiger partial charge in [-0.05, 0) is 0 Å². The molecule has 0 aromatic rings. The molecule has 0 fully saturated rings. The predicted molar refractivity (Wildman–Crippen MR) is 38.3 cm³/mol. The lowest BCUT2D eigenvalue weighted by molar-refractivity contribution is -0.169. The Morgan fingerprint density at radius 2 is 1.86 bits per heavy atom. The van der Waals surface area contributed by atoms with Crippen LogP contribution >= 0.6 is 0 Å². The van der Waals surface area contributed by atoms with Gasteiger partial charge in [-0.15, -0.1) is 0 Å². The Hall–Kier alpha value is -0.830. The standard InChI is InChI=1S/C5H7F3O5S/c6-5(7,8)2-13-3-14(11,12)1-4(9)10/h1-3H2,(H,9,10). The fourth-order valence-electron chi connectivity index (χ4n) is 0.514. The second kappa shape index (κ2) is 4.60. The van der Waals surface area contributed by atoms with Gasteiger partial charge in [-0.1, -0.05) is 0 Å². The monoisotopic (exact) mass is 236 g/mol. The zero-order valence-electron chi connectivity index (χ0n) is 6.74. The Labute approximate surface area is 77.4 Å². The van der Waals surface area contributed by atoms with E-state index in [1.165, 1.54) is 0 Å². The molecule has 0 aliphatic rings. The predicted octanol–water partition coefficient (Wildman–Crippen LogP) is 0.0222. The number of carbonyl (C=O) groups is 1. The molecule has 1 N–H and O–H groups in total. The summed E-state index contributed by atoms with van der Waals surface area (Å²) in [6, 6.07) is 0. The molecule has 0 saturated heterocycles. The molecular weight excluding hydrogens is 229 g/mol. The molecule has 0 unspecified atom stereocenters. The summed E-state index contributed by atoms with van der Waals surface area (Å²) in [5, 5.41) is 8.05. The number of carboxylic acids is 1. The van der Waals surface area contributed by atoms with Gasteiger partial charge in [0.05, 0.1) is 0 Å². The van der Waals surface area contributed by atoms with E-state index < -0.39 is 40.3 Å². The summed E-state index contributed by atoms with van der Waals surface area (Å²) in [4.78, 5) is 9.92.